The summed E-state index contributed by atoms with van der Waals surface area (Å²) in [7, 11) is -2.83. The van der Waals surface area contributed by atoms with Gasteiger partial charge in [-0.15, -0.1) is 0 Å². The van der Waals surface area contributed by atoms with E-state index in [4.69, 9.17) is 8.85 Å². The number of hydrogen-bond donors (Lipinski definition) is 1. The maximum Gasteiger partial charge on any atom is 0.407 e. The molecular formula is C25H34O3Si. The standard InChI is InChI=1S/C25H34O3Si/c1-19-11-10-16-23(25(2,3)26)22-17-18-27-29(28-24(19)22,20-12-6-4-7-13-20)21-14-8-5-9-15-21/h4-9,12-15,19,22-24,26H,10-11,16-18H2,1-3H3/t19-,22?,23-,24-/m1/s1. The second-order valence-corrected chi connectivity index (χ2v) is 12.3. The molecule has 1 aliphatic heterocycles. The van der Waals surface area contributed by atoms with Gasteiger partial charge in [0, 0.05) is 6.61 Å². The highest BCUT2D eigenvalue weighted by molar-refractivity contribution is 6.92. The van der Waals surface area contributed by atoms with Crippen LogP contribution in [0.4, 0.5) is 0 Å². The average molecular weight is 411 g/mol. The van der Waals surface area contributed by atoms with Gasteiger partial charge in [-0.2, -0.15) is 0 Å². The zero-order valence-corrected chi connectivity index (χ0v) is 18.9. The van der Waals surface area contributed by atoms with E-state index in [1.54, 1.807) is 0 Å². The van der Waals surface area contributed by atoms with Crippen molar-refractivity contribution in [3.8, 4) is 0 Å². The molecule has 0 radical (unpaired) electrons. The minimum atomic E-state index is -2.83. The molecular weight excluding hydrogens is 376 g/mol. The Kier molecular flexibility index (Phi) is 5.98. The Morgan fingerprint density at radius 2 is 1.48 bits per heavy atom. The van der Waals surface area contributed by atoms with Gasteiger partial charge in [0.05, 0.1) is 11.7 Å². The Labute approximate surface area is 176 Å². The summed E-state index contributed by atoms with van der Waals surface area (Å²) < 4.78 is 13.9. The minimum absolute atomic E-state index is 0.100. The van der Waals surface area contributed by atoms with Gasteiger partial charge in [0.2, 0.25) is 0 Å². The van der Waals surface area contributed by atoms with Crippen LogP contribution in [0.15, 0.2) is 60.7 Å². The smallest absolute Gasteiger partial charge is 0.390 e. The van der Waals surface area contributed by atoms with Crippen LogP contribution < -0.4 is 10.4 Å². The van der Waals surface area contributed by atoms with E-state index in [0.29, 0.717) is 18.4 Å². The van der Waals surface area contributed by atoms with Crippen molar-refractivity contribution in [3.63, 3.8) is 0 Å². The molecule has 1 unspecified atom stereocenters. The lowest BCUT2D eigenvalue weighted by molar-refractivity contribution is -0.0463. The molecule has 1 aliphatic carbocycles. The summed E-state index contributed by atoms with van der Waals surface area (Å²) >= 11 is 0. The number of fused-ring (bicyclic) bond motifs is 1. The molecule has 1 heterocycles. The van der Waals surface area contributed by atoms with Gasteiger partial charge in [0.1, 0.15) is 0 Å². The van der Waals surface area contributed by atoms with Crippen molar-refractivity contribution in [3.05, 3.63) is 60.7 Å². The van der Waals surface area contributed by atoms with Gasteiger partial charge in [-0.25, -0.2) is 0 Å². The van der Waals surface area contributed by atoms with E-state index in [1.807, 2.05) is 13.8 Å². The van der Waals surface area contributed by atoms with E-state index >= 15 is 0 Å². The van der Waals surface area contributed by atoms with E-state index in [1.165, 1.54) is 10.4 Å². The van der Waals surface area contributed by atoms with E-state index in [9.17, 15) is 5.11 Å². The molecule has 2 aromatic rings. The summed E-state index contributed by atoms with van der Waals surface area (Å²) in [6, 6.07) is 21.1. The number of rotatable bonds is 3. The molecule has 1 N–H and O–H groups in total. The van der Waals surface area contributed by atoms with Crippen LogP contribution in [-0.2, 0) is 8.85 Å². The van der Waals surface area contributed by atoms with Crippen LogP contribution >= 0.6 is 0 Å². The fourth-order valence-electron chi connectivity index (χ4n) is 5.48. The molecule has 29 heavy (non-hydrogen) atoms. The SMILES string of the molecule is C[C@@H]1CCC[C@@H](C(C)(C)O)C2CCO[Si](c3ccccc3)(c3ccccc3)O[C@@H]21. The first-order valence-electron chi connectivity index (χ1n) is 11.1. The number of aliphatic hydroxyl groups is 1. The minimum Gasteiger partial charge on any atom is -0.390 e. The van der Waals surface area contributed by atoms with Crippen molar-refractivity contribution >= 4 is 18.9 Å². The highest BCUT2D eigenvalue weighted by Crippen LogP contribution is 2.43. The molecule has 0 bridgehead atoms. The Bertz CT molecular complexity index is 747. The van der Waals surface area contributed by atoms with E-state index < -0.39 is 14.2 Å². The first-order chi connectivity index (χ1) is 13.9. The third kappa shape index (κ3) is 4.09. The molecule has 2 aliphatic rings. The summed E-state index contributed by atoms with van der Waals surface area (Å²) in [5, 5.41) is 13.3. The highest BCUT2D eigenvalue weighted by Gasteiger charge is 2.52. The molecule has 1 saturated carbocycles. The van der Waals surface area contributed by atoms with Gasteiger partial charge in [-0.3, -0.25) is 0 Å². The van der Waals surface area contributed by atoms with Gasteiger partial charge >= 0.3 is 8.56 Å². The lowest BCUT2D eigenvalue weighted by Crippen LogP contribution is -2.65. The van der Waals surface area contributed by atoms with Crippen molar-refractivity contribution in [1.29, 1.82) is 0 Å². The monoisotopic (exact) mass is 410 g/mol. The molecule has 0 amide bonds. The molecule has 0 spiro atoms. The molecule has 2 aromatic carbocycles. The quantitative estimate of drug-likeness (QED) is 0.781. The van der Waals surface area contributed by atoms with Crippen LogP contribution in [0.1, 0.15) is 46.5 Å². The largest absolute Gasteiger partial charge is 0.407 e. The maximum absolute atomic E-state index is 11.0. The molecule has 4 atom stereocenters. The summed E-state index contributed by atoms with van der Waals surface area (Å²) in [4.78, 5) is 0. The summed E-state index contributed by atoms with van der Waals surface area (Å²) in [5.74, 6) is 1.00. The number of hydrogen-bond acceptors (Lipinski definition) is 3. The third-order valence-corrected chi connectivity index (χ3v) is 10.3. The molecule has 4 rings (SSSR count). The first kappa shape index (κ1) is 20.8. The molecule has 4 heteroatoms. The fourth-order valence-corrected chi connectivity index (χ4v) is 8.95. The van der Waals surface area contributed by atoms with Crippen molar-refractivity contribution in [2.24, 2.45) is 17.8 Å². The normalized spacial score (nSPS) is 30.1. The zero-order valence-electron chi connectivity index (χ0n) is 17.9. The Hall–Kier alpha value is -1.46. The lowest BCUT2D eigenvalue weighted by atomic mass is 9.74. The van der Waals surface area contributed by atoms with Gasteiger partial charge in [-0.1, -0.05) is 74.0 Å². The third-order valence-electron chi connectivity index (χ3n) is 6.95. The Morgan fingerprint density at radius 1 is 0.897 bits per heavy atom. The molecule has 0 aromatic heterocycles. The summed E-state index contributed by atoms with van der Waals surface area (Å²) in [6.45, 7) is 6.94. The molecule has 1 saturated heterocycles. The molecule has 3 nitrogen and oxygen atoms in total. The van der Waals surface area contributed by atoms with Crippen LogP contribution in [0, 0.1) is 17.8 Å². The Morgan fingerprint density at radius 3 is 2.03 bits per heavy atom. The number of benzene rings is 2. The highest BCUT2D eigenvalue weighted by atomic mass is 28.4. The second-order valence-electron chi connectivity index (χ2n) is 9.40. The summed E-state index contributed by atoms with van der Waals surface area (Å²) in [5.41, 5.74) is -0.704. The van der Waals surface area contributed by atoms with E-state index in [0.717, 1.165) is 25.7 Å². The molecule has 156 valence electrons. The lowest BCUT2D eigenvalue weighted by Gasteiger charge is -2.41. The predicted octanol–water partition coefficient (Wildman–Crippen LogP) is 3.87. The van der Waals surface area contributed by atoms with E-state index in [2.05, 4.69) is 67.6 Å². The van der Waals surface area contributed by atoms with Crippen molar-refractivity contribution in [1.82, 2.24) is 0 Å². The predicted molar refractivity (Wildman–Crippen MR) is 120 cm³/mol. The van der Waals surface area contributed by atoms with Crippen LogP contribution in [0.3, 0.4) is 0 Å². The first-order valence-corrected chi connectivity index (χ1v) is 12.9. The average Bonchev–Trinajstić information content (AvgIpc) is 3.01. The van der Waals surface area contributed by atoms with Crippen LogP contribution in [0.5, 0.6) is 0 Å². The fraction of sp³-hybridized carbons (Fsp3) is 0.520. The van der Waals surface area contributed by atoms with Crippen molar-refractivity contribution < 1.29 is 14.0 Å². The zero-order chi connectivity index (χ0) is 20.5. The topological polar surface area (TPSA) is 38.7 Å². The van der Waals surface area contributed by atoms with Gasteiger partial charge in [0.15, 0.2) is 0 Å². The van der Waals surface area contributed by atoms with Crippen molar-refractivity contribution in [2.45, 2.75) is 58.2 Å². The van der Waals surface area contributed by atoms with Gasteiger partial charge < -0.3 is 14.0 Å². The second kappa shape index (κ2) is 8.35. The van der Waals surface area contributed by atoms with Crippen molar-refractivity contribution in [2.75, 3.05) is 6.61 Å². The van der Waals surface area contributed by atoms with Gasteiger partial charge in [0.25, 0.3) is 0 Å². The van der Waals surface area contributed by atoms with E-state index in [-0.39, 0.29) is 12.0 Å². The molecule has 2 fully saturated rings. The maximum atomic E-state index is 11.0. The van der Waals surface area contributed by atoms with Crippen LogP contribution in [0.25, 0.3) is 0 Å². The van der Waals surface area contributed by atoms with Crippen LogP contribution in [0.2, 0.25) is 0 Å². The van der Waals surface area contributed by atoms with Crippen LogP contribution in [-0.4, -0.2) is 32.0 Å². The Balaban J connectivity index is 1.81. The van der Waals surface area contributed by atoms with Gasteiger partial charge in [-0.05, 0) is 61.2 Å². The summed E-state index contributed by atoms with van der Waals surface area (Å²) in [6.07, 6.45) is 4.39.